The third kappa shape index (κ3) is 3.29. The van der Waals surface area contributed by atoms with Crippen LogP contribution in [0, 0.1) is 0 Å². The molecule has 2 rings (SSSR count). The van der Waals surface area contributed by atoms with Crippen LogP contribution in [0.25, 0.3) is 0 Å². The smallest absolute Gasteiger partial charge is 0.337 e. The predicted octanol–water partition coefficient (Wildman–Crippen LogP) is 1.52. The van der Waals surface area contributed by atoms with Crippen molar-refractivity contribution in [2.24, 2.45) is 0 Å². The lowest BCUT2D eigenvalue weighted by molar-refractivity contribution is -0.147. The molecule has 0 saturated carbocycles. The molecule has 0 aromatic heterocycles. The molecule has 0 bridgehead atoms. The van der Waals surface area contributed by atoms with Crippen molar-refractivity contribution in [3.05, 3.63) is 47.0 Å². The molecular formula is C16H16O7. The number of phenols is 3. The summed E-state index contributed by atoms with van der Waals surface area (Å²) in [4.78, 5) is 10.8. The lowest BCUT2D eigenvalue weighted by atomic mass is 9.99. The Bertz CT molecular complexity index is 739. The van der Waals surface area contributed by atoms with Gasteiger partial charge in [0.05, 0.1) is 7.11 Å². The van der Waals surface area contributed by atoms with E-state index in [1.54, 1.807) is 12.1 Å². The first kappa shape index (κ1) is 16.4. The molecule has 0 radical (unpaired) electrons. The van der Waals surface area contributed by atoms with E-state index in [4.69, 9.17) is 9.84 Å². The monoisotopic (exact) mass is 320 g/mol. The Morgan fingerprint density at radius 1 is 1.13 bits per heavy atom. The van der Waals surface area contributed by atoms with Gasteiger partial charge in [-0.3, -0.25) is 0 Å². The molecular weight excluding hydrogens is 304 g/mol. The summed E-state index contributed by atoms with van der Waals surface area (Å²) in [5.41, 5.74) is 0.736. The summed E-state index contributed by atoms with van der Waals surface area (Å²) in [7, 11) is 1.41. The fraction of sp³-hybridized carbons (Fsp3) is 0.188. The highest BCUT2D eigenvalue weighted by molar-refractivity contribution is 5.76. The SMILES string of the molecule is COc1cc(Cc2ccc(C(O)C(=O)O)c(O)c2O)ccc1O. The van der Waals surface area contributed by atoms with E-state index in [0.29, 0.717) is 11.1 Å². The number of phenolic OH excluding ortho intramolecular Hbond substituents is 3. The van der Waals surface area contributed by atoms with Gasteiger partial charge in [-0.1, -0.05) is 18.2 Å². The second kappa shape index (κ2) is 6.45. The van der Waals surface area contributed by atoms with E-state index >= 15 is 0 Å². The Morgan fingerprint density at radius 3 is 2.43 bits per heavy atom. The molecule has 23 heavy (non-hydrogen) atoms. The maximum Gasteiger partial charge on any atom is 0.337 e. The van der Waals surface area contributed by atoms with Crippen LogP contribution in [0.2, 0.25) is 0 Å². The van der Waals surface area contributed by atoms with Crippen LogP contribution in [0.5, 0.6) is 23.0 Å². The number of hydrogen-bond acceptors (Lipinski definition) is 6. The number of benzene rings is 2. The van der Waals surface area contributed by atoms with Crippen molar-refractivity contribution in [3.63, 3.8) is 0 Å². The average molecular weight is 320 g/mol. The maximum atomic E-state index is 10.8. The van der Waals surface area contributed by atoms with Crippen molar-refractivity contribution in [1.29, 1.82) is 0 Å². The first-order valence-corrected chi connectivity index (χ1v) is 6.65. The van der Waals surface area contributed by atoms with Gasteiger partial charge in [0.25, 0.3) is 0 Å². The zero-order chi connectivity index (χ0) is 17.1. The molecule has 2 aromatic rings. The standard InChI is InChI=1S/C16H16O7/c1-23-12-7-8(2-5-11(12)17)6-9-3-4-10(14(19)13(9)18)15(20)16(21)22/h2-5,7,15,17-20H,6H2,1H3,(H,21,22). The summed E-state index contributed by atoms with van der Waals surface area (Å²) < 4.78 is 4.99. The van der Waals surface area contributed by atoms with E-state index in [1.165, 1.54) is 25.3 Å². The van der Waals surface area contributed by atoms with Gasteiger partial charge in [0.2, 0.25) is 0 Å². The van der Waals surface area contributed by atoms with Crippen LogP contribution in [-0.2, 0) is 11.2 Å². The summed E-state index contributed by atoms with van der Waals surface area (Å²) in [6.07, 6.45) is -1.72. The first-order valence-electron chi connectivity index (χ1n) is 6.65. The highest BCUT2D eigenvalue weighted by Crippen LogP contribution is 2.37. The van der Waals surface area contributed by atoms with Gasteiger partial charge in [-0.25, -0.2) is 4.79 Å². The number of carboxylic acids is 1. The van der Waals surface area contributed by atoms with Gasteiger partial charge < -0.3 is 30.3 Å². The number of aliphatic hydroxyl groups is 1. The molecule has 0 aliphatic heterocycles. The molecule has 1 atom stereocenters. The van der Waals surface area contributed by atoms with Gasteiger partial charge in [-0.05, 0) is 17.7 Å². The molecule has 0 spiro atoms. The fourth-order valence-corrected chi connectivity index (χ4v) is 2.19. The Hall–Kier alpha value is -2.93. The predicted molar refractivity (Wildman–Crippen MR) is 79.8 cm³/mol. The van der Waals surface area contributed by atoms with Crippen molar-refractivity contribution in [1.82, 2.24) is 0 Å². The molecule has 2 aromatic carbocycles. The second-order valence-corrected chi connectivity index (χ2v) is 4.93. The van der Waals surface area contributed by atoms with Gasteiger partial charge in [0, 0.05) is 17.5 Å². The van der Waals surface area contributed by atoms with Gasteiger partial charge in [0.15, 0.2) is 29.1 Å². The maximum absolute atomic E-state index is 10.8. The largest absolute Gasteiger partial charge is 0.504 e. The molecule has 0 aliphatic rings. The number of aliphatic carboxylic acids is 1. The van der Waals surface area contributed by atoms with Crippen LogP contribution in [0.15, 0.2) is 30.3 Å². The van der Waals surface area contributed by atoms with E-state index in [0.717, 1.165) is 0 Å². The van der Waals surface area contributed by atoms with Gasteiger partial charge in [-0.15, -0.1) is 0 Å². The van der Waals surface area contributed by atoms with Crippen LogP contribution >= 0.6 is 0 Å². The van der Waals surface area contributed by atoms with Crippen molar-refractivity contribution in [3.8, 4) is 23.0 Å². The number of rotatable bonds is 5. The van der Waals surface area contributed by atoms with Gasteiger partial charge in [-0.2, -0.15) is 0 Å². The minimum atomic E-state index is -1.93. The molecule has 0 saturated heterocycles. The highest BCUT2D eigenvalue weighted by atomic mass is 16.5. The Morgan fingerprint density at radius 2 is 1.83 bits per heavy atom. The van der Waals surface area contributed by atoms with Crippen molar-refractivity contribution >= 4 is 5.97 Å². The van der Waals surface area contributed by atoms with E-state index in [2.05, 4.69) is 0 Å². The minimum Gasteiger partial charge on any atom is -0.504 e. The van der Waals surface area contributed by atoms with Crippen molar-refractivity contribution < 1.29 is 35.1 Å². The lowest BCUT2D eigenvalue weighted by Crippen LogP contribution is -2.10. The van der Waals surface area contributed by atoms with Crippen molar-refractivity contribution in [2.75, 3.05) is 7.11 Å². The first-order chi connectivity index (χ1) is 10.8. The zero-order valence-electron chi connectivity index (χ0n) is 12.2. The van der Waals surface area contributed by atoms with Crippen LogP contribution < -0.4 is 4.74 Å². The Labute approximate surface area is 131 Å². The quantitative estimate of drug-likeness (QED) is 0.528. The van der Waals surface area contributed by atoms with E-state index in [-0.39, 0.29) is 23.5 Å². The molecule has 7 nitrogen and oxygen atoms in total. The van der Waals surface area contributed by atoms with Crippen molar-refractivity contribution in [2.45, 2.75) is 12.5 Å². The van der Waals surface area contributed by atoms with Crippen LogP contribution in [0.3, 0.4) is 0 Å². The molecule has 0 heterocycles. The summed E-state index contributed by atoms with van der Waals surface area (Å²) in [5, 5.41) is 47.7. The van der Waals surface area contributed by atoms with Crippen LogP contribution in [-0.4, -0.2) is 38.6 Å². The number of carboxylic acid groups (broad SMARTS) is 1. The van der Waals surface area contributed by atoms with Gasteiger partial charge >= 0.3 is 5.97 Å². The highest BCUT2D eigenvalue weighted by Gasteiger charge is 2.23. The number of methoxy groups -OCH3 is 1. The molecule has 7 heteroatoms. The Kier molecular flexibility index (Phi) is 4.61. The number of aliphatic hydroxyl groups excluding tert-OH is 1. The van der Waals surface area contributed by atoms with E-state index in [1.807, 2.05) is 0 Å². The summed E-state index contributed by atoms with van der Waals surface area (Å²) in [6.45, 7) is 0. The fourth-order valence-electron chi connectivity index (χ4n) is 2.19. The minimum absolute atomic E-state index is 0.0248. The van der Waals surface area contributed by atoms with Gasteiger partial charge in [0.1, 0.15) is 0 Å². The summed E-state index contributed by atoms with van der Waals surface area (Å²) in [6, 6.07) is 7.28. The molecule has 122 valence electrons. The number of carbonyl (C=O) groups is 1. The normalized spacial score (nSPS) is 11.9. The number of aromatic hydroxyl groups is 3. The topological polar surface area (TPSA) is 127 Å². The third-order valence-corrected chi connectivity index (χ3v) is 3.43. The number of ether oxygens (including phenoxy) is 1. The average Bonchev–Trinajstić information content (AvgIpc) is 2.53. The van der Waals surface area contributed by atoms with E-state index in [9.17, 15) is 25.2 Å². The number of hydrogen-bond donors (Lipinski definition) is 5. The summed E-state index contributed by atoms with van der Waals surface area (Å²) >= 11 is 0. The second-order valence-electron chi connectivity index (χ2n) is 4.93. The molecule has 1 unspecified atom stereocenters. The third-order valence-electron chi connectivity index (χ3n) is 3.43. The van der Waals surface area contributed by atoms with Crippen LogP contribution in [0.1, 0.15) is 22.8 Å². The van der Waals surface area contributed by atoms with Crippen LogP contribution in [0.4, 0.5) is 0 Å². The molecule has 0 fully saturated rings. The lowest BCUT2D eigenvalue weighted by Gasteiger charge is -2.13. The zero-order valence-corrected chi connectivity index (χ0v) is 12.2. The van der Waals surface area contributed by atoms with E-state index < -0.39 is 23.6 Å². The molecule has 5 N–H and O–H groups in total. The molecule has 0 aliphatic carbocycles. The Balaban J connectivity index is 2.35. The summed E-state index contributed by atoms with van der Waals surface area (Å²) in [5.74, 6) is -2.47. The molecule has 0 amide bonds.